The van der Waals surface area contributed by atoms with E-state index in [2.05, 4.69) is 41.1 Å². The van der Waals surface area contributed by atoms with Gasteiger partial charge in [0.2, 0.25) is 0 Å². The molecule has 0 saturated carbocycles. The summed E-state index contributed by atoms with van der Waals surface area (Å²) >= 11 is 0. The third kappa shape index (κ3) is 3.19. The zero-order valence-electron chi connectivity index (χ0n) is 11.7. The van der Waals surface area contributed by atoms with Crippen LogP contribution in [0.5, 0.6) is 0 Å². The highest BCUT2D eigenvalue weighted by Gasteiger charge is 2.17. The summed E-state index contributed by atoms with van der Waals surface area (Å²) in [5.74, 6) is 1.13. The van der Waals surface area contributed by atoms with E-state index in [1.165, 1.54) is 24.1 Å². The third-order valence-electron chi connectivity index (χ3n) is 3.46. The maximum atomic E-state index is 4.48. The van der Waals surface area contributed by atoms with Gasteiger partial charge in [-0.15, -0.1) is 0 Å². The van der Waals surface area contributed by atoms with Crippen LogP contribution in [0.1, 0.15) is 37.9 Å². The molecule has 0 radical (unpaired) electrons. The van der Waals surface area contributed by atoms with Gasteiger partial charge >= 0.3 is 0 Å². The lowest BCUT2D eigenvalue weighted by Gasteiger charge is -2.25. The highest BCUT2D eigenvalue weighted by atomic mass is 15.2. The normalized spacial score (nSPS) is 14.7. The Hall–Kier alpha value is -1.16. The molecule has 4 nitrogen and oxygen atoms in total. The van der Waals surface area contributed by atoms with E-state index in [1.54, 1.807) is 6.33 Å². The van der Waals surface area contributed by atoms with Crippen molar-refractivity contribution in [3.8, 4) is 0 Å². The second-order valence-electron chi connectivity index (χ2n) is 5.36. The largest absolute Gasteiger partial charge is 0.358 e. The van der Waals surface area contributed by atoms with Gasteiger partial charge in [-0.3, -0.25) is 0 Å². The lowest BCUT2D eigenvalue weighted by Crippen LogP contribution is -2.34. The summed E-state index contributed by atoms with van der Waals surface area (Å²) in [6, 6.07) is 0.540. The van der Waals surface area contributed by atoms with E-state index in [0.29, 0.717) is 6.04 Å². The van der Waals surface area contributed by atoms with E-state index >= 15 is 0 Å². The molecule has 2 rings (SSSR count). The Bertz CT molecular complexity index is 389. The minimum absolute atomic E-state index is 0.540. The van der Waals surface area contributed by atoms with Crippen LogP contribution in [0.4, 0.5) is 5.82 Å². The van der Waals surface area contributed by atoms with Crippen molar-refractivity contribution in [2.24, 2.45) is 0 Å². The number of hydrogen-bond acceptors (Lipinski definition) is 4. The summed E-state index contributed by atoms with van der Waals surface area (Å²) in [6.07, 6.45) is 6.50. The Kier molecular flexibility index (Phi) is 4.53. The van der Waals surface area contributed by atoms with Gasteiger partial charge in [-0.1, -0.05) is 13.8 Å². The van der Waals surface area contributed by atoms with Crippen LogP contribution in [0.25, 0.3) is 0 Å². The molecule has 1 N–H and O–H groups in total. The van der Waals surface area contributed by atoms with Crippen LogP contribution in [-0.4, -0.2) is 36.1 Å². The number of likely N-dealkylation sites (N-methyl/N-ethyl adjacent to an activating group) is 1. The Morgan fingerprint density at radius 2 is 2.06 bits per heavy atom. The molecule has 1 aliphatic rings. The van der Waals surface area contributed by atoms with Crippen molar-refractivity contribution in [3.05, 3.63) is 17.6 Å². The van der Waals surface area contributed by atoms with E-state index in [1.807, 2.05) is 0 Å². The minimum atomic E-state index is 0.540. The highest BCUT2D eigenvalue weighted by molar-refractivity contribution is 5.48. The van der Waals surface area contributed by atoms with Crippen LogP contribution < -0.4 is 10.2 Å². The minimum Gasteiger partial charge on any atom is -0.358 e. The smallest absolute Gasteiger partial charge is 0.135 e. The number of nitrogens with one attached hydrogen (secondary N) is 1. The van der Waals surface area contributed by atoms with Crippen molar-refractivity contribution in [1.82, 2.24) is 15.3 Å². The van der Waals surface area contributed by atoms with Crippen LogP contribution in [0.15, 0.2) is 6.33 Å². The maximum absolute atomic E-state index is 4.48. The Balaban J connectivity index is 2.03. The molecule has 1 heterocycles. The van der Waals surface area contributed by atoms with Gasteiger partial charge in [-0.25, -0.2) is 9.97 Å². The molecule has 18 heavy (non-hydrogen) atoms. The Morgan fingerprint density at radius 1 is 1.28 bits per heavy atom. The van der Waals surface area contributed by atoms with Gasteiger partial charge in [0, 0.05) is 37.4 Å². The summed E-state index contributed by atoms with van der Waals surface area (Å²) in [4.78, 5) is 11.1. The molecule has 1 aromatic rings. The number of anilines is 1. The van der Waals surface area contributed by atoms with E-state index < -0.39 is 0 Å². The van der Waals surface area contributed by atoms with Crippen molar-refractivity contribution < 1.29 is 0 Å². The predicted octanol–water partition coefficient (Wildman–Crippen LogP) is 1.79. The predicted molar refractivity (Wildman–Crippen MR) is 75.1 cm³/mol. The van der Waals surface area contributed by atoms with Gasteiger partial charge in [-0.2, -0.15) is 0 Å². The number of fused-ring (bicyclic) bond motifs is 1. The molecule has 1 aliphatic carbocycles. The molecule has 0 aliphatic heterocycles. The van der Waals surface area contributed by atoms with E-state index in [4.69, 9.17) is 0 Å². The molecule has 0 saturated heterocycles. The molecule has 0 atom stereocenters. The van der Waals surface area contributed by atoms with Gasteiger partial charge in [0.1, 0.15) is 12.1 Å². The van der Waals surface area contributed by atoms with Crippen LogP contribution in [0.2, 0.25) is 0 Å². The van der Waals surface area contributed by atoms with Crippen LogP contribution in [0.3, 0.4) is 0 Å². The molecule has 0 aromatic carbocycles. The second-order valence-corrected chi connectivity index (χ2v) is 5.36. The zero-order valence-corrected chi connectivity index (χ0v) is 11.7. The molecule has 0 unspecified atom stereocenters. The molecular weight excluding hydrogens is 224 g/mol. The van der Waals surface area contributed by atoms with Gasteiger partial charge in [-0.05, 0) is 25.7 Å². The van der Waals surface area contributed by atoms with Crippen molar-refractivity contribution >= 4 is 5.82 Å². The first-order valence-corrected chi connectivity index (χ1v) is 6.95. The van der Waals surface area contributed by atoms with E-state index in [-0.39, 0.29) is 0 Å². The van der Waals surface area contributed by atoms with Gasteiger partial charge < -0.3 is 10.2 Å². The van der Waals surface area contributed by atoms with Gasteiger partial charge in [0.15, 0.2) is 0 Å². The summed E-state index contributed by atoms with van der Waals surface area (Å²) in [5.41, 5.74) is 2.63. The summed E-state index contributed by atoms with van der Waals surface area (Å²) in [6.45, 7) is 6.33. The van der Waals surface area contributed by atoms with Gasteiger partial charge in [0.25, 0.3) is 0 Å². The molecular formula is C14H24N4. The lowest BCUT2D eigenvalue weighted by molar-refractivity contribution is 0.586. The third-order valence-corrected chi connectivity index (χ3v) is 3.46. The Labute approximate surface area is 110 Å². The molecule has 4 heteroatoms. The van der Waals surface area contributed by atoms with Crippen LogP contribution in [0, 0.1) is 0 Å². The zero-order chi connectivity index (χ0) is 13.0. The average Bonchev–Trinajstić information content (AvgIpc) is 2.37. The number of aromatic nitrogens is 2. The number of rotatable bonds is 5. The second kappa shape index (κ2) is 6.14. The summed E-state index contributed by atoms with van der Waals surface area (Å²) in [5, 5.41) is 3.44. The van der Waals surface area contributed by atoms with Crippen LogP contribution in [-0.2, 0) is 12.8 Å². The molecule has 0 fully saturated rings. The van der Waals surface area contributed by atoms with E-state index in [0.717, 1.165) is 31.7 Å². The molecule has 0 amide bonds. The number of aryl methyl sites for hydroxylation is 1. The molecule has 0 spiro atoms. The monoisotopic (exact) mass is 248 g/mol. The number of hydrogen-bond donors (Lipinski definition) is 1. The Morgan fingerprint density at radius 3 is 2.83 bits per heavy atom. The van der Waals surface area contributed by atoms with Crippen molar-refractivity contribution in [2.75, 3.05) is 25.0 Å². The standard InChI is InChI=1S/C14H24N4/c1-11(2)15-8-9-18(3)14-12-6-4-5-7-13(12)16-10-17-14/h10-11,15H,4-9H2,1-3H3. The number of nitrogens with zero attached hydrogens (tertiary/aromatic N) is 3. The average molecular weight is 248 g/mol. The first-order chi connectivity index (χ1) is 8.68. The van der Waals surface area contributed by atoms with Crippen molar-refractivity contribution in [3.63, 3.8) is 0 Å². The molecule has 100 valence electrons. The fraction of sp³-hybridized carbons (Fsp3) is 0.714. The van der Waals surface area contributed by atoms with Crippen molar-refractivity contribution in [2.45, 2.75) is 45.6 Å². The highest BCUT2D eigenvalue weighted by Crippen LogP contribution is 2.26. The fourth-order valence-electron chi connectivity index (χ4n) is 2.46. The molecule has 0 bridgehead atoms. The van der Waals surface area contributed by atoms with Crippen LogP contribution >= 0.6 is 0 Å². The topological polar surface area (TPSA) is 41.0 Å². The maximum Gasteiger partial charge on any atom is 0.135 e. The summed E-state index contributed by atoms with van der Waals surface area (Å²) < 4.78 is 0. The quantitative estimate of drug-likeness (QED) is 0.862. The summed E-state index contributed by atoms with van der Waals surface area (Å²) in [7, 11) is 2.12. The van der Waals surface area contributed by atoms with Gasteiger partial charge in [0.05, 0.1) is 0 Å². The molecule has 1 aromatic heterocycles. The first kappa shape index (κ1) is 13.3. The SMILES string of the molecule is CC(C)NCCN(C)c1ncnc2c1CCCC2. The fourth-order valence-corrected chi connectivity index (χ4v) is 2.46. The lowest BCUT2D eigenvalue weighted by atomic mass is 9.96. The van der Waals surface area contributed by atoms with Crippen molar-refractivity contribution in [1.29, 1.82) is 0 Å². The van der Waals surface area contributed by atoms with E-state index in [9.17, 15) is 0 Å². The first-order valence-electron chi connectivity index (χ1n) is 6.95.